The van der Waals surface area contributed by atoms with E-state index in [0.29, 0.717) is 33.5 Å². The summed E-state index contributed by atoms with van der Waals surface area (Å²) in [6.07, 6.45) is 1.70. The molecule has 0 atom stereocenters. The molecule has 0 spiro atoms. The van der Waals surface area contributed by atoms with E-state index in [9.17, 15) is 14.7 Å². The van der Waals surface area contributed by atoms with E-state index in [0.717, 1.165) is 0 Å². The predicted octanol–water partition coefficient (Wildman–Crippen LogP) is 4.46. The van der Waals surface area contributed by atoms with E-state index in [-0.39, 0.29) is 22.6 Å². The third-order valence-corrected chi connectivity index (χ3v) is 5.24. The number of esters is 1. The first-order chi connectivity index (χ1) is 13.4. The summed E-state index contributed by atoms with van der Waals surface area (Å²) in [5, 5.41) is 10.2. The molecule has 6 nitrogen and oxygen atoms in total. The van der Waals surface area contributed by atoms with E-state index in [1.54, 1.807) is 56.4 Å². The first-order valence-corrected chi connectivity index (χ1v) is 9.60. The van der Waals surface area contributed by atoms with Gasteiger partial charge in [-0.2, -0.15) is 0 Å². The van der Waals surface area contributed by atoms with Crippen LogP contribution in [0.5, 0.6) is 5.75 Å². The zero-order chi connectivity index (χ0) is 20.3. The van der Waals surface area contributed by atoms with Crippen molar-refractivity contribution in [1.29, 1.82) is 0 Å². The van der Waals surface area contributed by atoms with Gasteiger partial charge in [-0.3, -0.25) is 9.69 Å². The van der Waals surface area contributed by atoms with Crippen LogP contribution in [-0.4, -0.2) is 40.7 Å². The number of hydrogen-bond acceptors (Lipinski definition) is 6. The van der Waals surface area contributed by atoms with Crippen molar-refractivity contribution in [2.24, 2.45) is 4.99 Å². The van der Waals surface area contributed by atoms with Gasteiger partial charge >= 0.3 is 5.97 Å². The summed E-state index contributed by atoms with van der Waals surface area (Å²) in [4.78, 5) is 30.6. The topological polar surface area (TPSA) is 79.2 Å². The van der Waals surface area contributed by atoms with Crippen molar-refractivity contribution in [2.45, 2.75) is 6.92 Å². The van der Waals surface area contributed by atoms with Crippen LogP contribution < -0.4 is 0 Å². The summed E-state index contributed by atoms with van der Waals surface area (Å²) in [5.74, 6) is -0.585. The highest BCUT2D eigenvalue weighted by molar-refractivity contribution is 8.18. The number of ether oxygens (including phenoxy) is 1. The Labute approximate surface area is 171 Å². The number of aromatic hydroxyl groups is 1. The summed E-state index contributed by atoms with van der Waals surface area (Å²) in [6.45, 7) is 2.06. The Hall–Kier alpha value is -2.77. The molecular formula is C20H17ClN2O4S. The number of carbonyl (C=O) groups is 2. The monoisotopic (exact) mass is 416 g/mol. The second-order valence-electron chi connectivity index (χ2n) is 5.85. The zero-order valence-corrected chi connectivity index (χ0v) is 16.8. The van der Waals surface area contributed by atoms with Crippen LogP contribution >= 0.6 is 23.4 Å². The molecule has 1 N–H and O–H groups in total. The Balaban J connectivity index is 1.81. The fraction of sp³-hybridized carbons (Fsp3) is 0.150. The minimum Gasteiger partial charge on any atom is -0.506 e. The molecule has 3 rings (SSSR count). The molecule has 1 heterocycles. The number of rotatable bonds is 4. The van der Waals surface area contributed by atoms with Crippen molar-refractivity contribution in [3.8, 4) is 5.75 Å². The van der Waals surface area contributed by atoms with Gasteiger partial charge in [0.25, 0.3) is 5.91 Å². The van der Waals surface area contributed by atoms with Crippen LogP contribution in [0.2, 0.25) is 5.02 Å². The molecule has 0 unspecified atom stereocenters. The number of halogens is 1. The van der Waals surface area contributed by atoms with E-state index in [2.05, 4.69) is 4.99 Å². The summed E-state index contributed by atoms with van der Waals surface area (Å²) >= 11 is 7.15. The molecule has 1 aliphatic rings. The van der Waals surface area contributed by atoms with Crippen molar-refractivity contribution < 1.29 is 19.4 Å². The van der Waals surface area contributed by atoms with Crippen LogP contribution in [0.4, 0.5) is 5.69 Å². The number of benzene rings is 2. The number of amides is 1. The Bertz CT molecular complexity index is 986. The van der Waals surface area contributed by atoms with Gasteiger partial charge in [-0.15, -0.1) is 0 Å². The van der Waals surface area contributed by atoms with Gasteiger partial charge in [-0.25, -0.2) is 9.79 Å². The average Bonchev–Trinajstić information content (AvgIpc) is 2.93. The highest BCUT2D eigenvalue weighted by Gasteiger charge is 2.30. The number of likely N-dealkylation sites (N-methyl/N-ethyl adjacent to an activating group) is 1. The molecule has 8 heteroatoms. The van der Waals surface area contributed by atoms with Crippen LogP contribution in [0, 0.1) is 0 Å². The zero-order valence-electron chi connectivity index (χ0n) is 15.2. The molecular weight excluding hydrogens is 400 g/mol. The SMILES string of the molecule is CCOC(=O)c1ccc(N=C2S/C(=C\c3ccc(O)c(Cl)c3)C(=O)N2C)cc1. The Kier molecular flexibility index (Phi) is 6.06. The van der Waals surface area contributed by atoms with Crippen LogP contribution in [0.25, 0.3) is 6.08 Å². The number of nitrogens with zero attached hydrogens (tertiary/aromatic N) is 2. The van der Waals surface area contributed by atoms with Crippen molar-refractivity contribution in [3.63, 3.8) is 0 Å². The van der Waals surface area contributed by atoms with Crippen molar-refractivity contribution in [1.82, 2.24) is 4.90 Å². The number of phenolic OH excluding ortho intramolecular Hbond substituents is 1. The summed E-state index contributed by atoms with van der Waals surface area (Å²) in [5.41, 5.74) is 1.76. The number of carbonyl (C=O) groups excluding carboxylic acids is 2. The van der Waals surface area contributed by atoms with Gasteiger partial charge in [-0.05, 0) is 66.7 Å². The fourth-order valence-corrected chi connectivity index (χ4v) is 3.59. The standard InChI is InChI=1S/C20H17ClN2O4S/c1-3-27-19(26)13-5-7-14(8-6-13)22-20-23(2)18(25)17(28-20)11-12-4-9-16(24)15(21)10-12/h4-11,24H,3H2,1-2H3/b17-11-,22-20?. The van der Waals surface area contributed by atoms with Crippen LogP contribution in [0.3, 0.4) is 0 Å². The molecule has 1 aliphatic heterocycles. The maximum absolute atomic E-state index is 12.5. The van der Waals surface area contributed by atoms with Crippen LogP contribution in [0.15, 0.2) is 52.4 Å². The van der Waals surface area contributed by atoms with Gasteiger partial charge in [0.15, 0.2) is 5.17 Å². The fourth-order valence-electron chi connectivity index (χ4n) is 2.41. The van der Waals surface area contributed by atoms with Gasteiger partial charge in [0.2, 0.25) is 0 Å². The summed E-state index contributed by atoms with van der Waals surface area (Å²) in [6, 6.07) is 11.4. The lowest BCUT2D eigenvalue weighted by molar-refractivity contribution is -0.121. The second kappa shape index (κ2) is 8.50. The summed E-state index contributed by atoms with van der Waals surface area (Å²) < 4.78 is 4.95. The highest BCUT2D eigenvalue weighted by atomic mass is 35.5. The maximum atomic E-state index is 12.5. The third-order valence-electron chi connectivity index (χ3n) is 3.88. The molecule has 0 saturated carbocycles. The molecule has 2 aromatic carbocycles. The largest absolute Gasteiger partial charge is 0.506 e. The number of thioether (sulfide) groups is 1. The quantitative estimate of drug-likeness (QED) is 0.588. The van der Waals surface area contributed by atoms with Crippen molar-refractivity contribution in [2.75, 3.05) is 13.7 Å². The van der Waals surface area contributed by atoms with Crippen LogP contribution in [-0.2, 0) is 9.53 Å². The van der Waals surface area contributed by atoms with Gasteiger partial charge < -0.3 is 9.84 Å². The van der Waals surface area contributed by atoms with Gasteiger partial charge in [0.05, 0.1) is 27.8 Å². The van der Waals surface area contributed by atoms with Gasteiger partial charge in [-0.1, -0.05) is 17.7 Å². The Morgan fingerprint density at radius 1 is 1.29 bits per heavy atom. The maximum Gasteiger partial charge on any atom is 0.338 e. The minimum atomic E-state index is -0.387. The molecule has 0 radical (unpaired) electrons. The predicted molar refractivity (Wildman–Crippen MR) is 111 cm³/mol. The molecule has 28 heavy (non-hydrogen) atoms. The van der Waals surface area contributed by atoms with Crippen molar-refractivity contribution >= 4 is 52.2 Å². The van der Waals surface area contributed by atoms with E-state index in [1.807, 2.05) is 0 Å². The molecule has 1 saturated heterocycles. The van der Waals surface area contributed by atoms with E-state index < -0.39 is 0 Å². The van der Waals surface area contributed by atoms with E-state index in [4.69, 9.17) is 16.3 Å². The van der Waals surface area contributed by atoms with Gasteiger partial charge in [0, 0.05) is 7.05 Å². The second-order valence-corrected chi connectivity index (χ2v) is 7.26. The molecule has 0 bridgehead atoms. The number of phenols is 1. The first kappa shape index (κ1) is 20.0. The molecule has 0 aromatic heterocycles. The number of amidine groups is 1. The Morgan fingerprint density at radius 2 is 2.00 bits per heavy atom. The Morgan fingerprint density at radius 3 is 2.64 bits per heavy atom. The lowest BCUT2D eigenvalue weighted by Crippen LogP contribution is -2.23. The summed E-state index contributed by atoms with van der Waals surface area (Å²) in [7, 11) is 1.64. The van der Waals surface area contributed by atoms with Gasteiger partial charge in [0.1, 0.15) is 5.75 Å². The highest BCUT2D eigenvalue weighted by Crippen LogP contribution is 2.34. The molecule has 2 aromatic rings. The minimum absolute atomic E-state index is 0.0140. The molecule has 0 aliphatic carbocycles. The lowest BCUT2D eigenvalue weighted by atomic mass is 10.2. The normalized spacial score (nSPS) is 16.8. The smallest absolute Gasteiger partial charge is 0.338 e. The average molecular weight is 417 g/mol. The third kappa shape index (κ3) is 4.37. The number of hydrogen-bond donors (Lipinski definition) is 1. The molecule has 144 valence electrons. The molecule has 1 fully saturated rings. The molecule has 1 amide bonds. The van der Waals surface area contributed by atoms with E-state index >= 15 is 0 Å². The number of aliphatic imine (C=N–C) groups is 1. The lowest BCUT2D eigenvalue weighted by Gasteiger charge is -2.07. The van der Waals surface area contributed by atoms with Crippen LogP contribution in [0.1, 0.15) is 22.8 Å². The van der Waals surface area contributed by atoms with Crippen molar-refractivity contribution in [3.05, 3.63) is 63.5 Å². The first-order valence-electron chi connectivity index (χ1n) is 8.41. The van der Waals surface area contributed by atoms with E-state index in [1.165, 1.54) is 22.7 Å².